The highest BCUT2D eigenvalue weighted by Gasteiger charge is 2.28. The first kappa shape index (κ1) is 13.2. The second kappa shape index (κ2) is 5.59. The fourth-order valence-electron chi connectivity index (χ4n) is 2.33. The van der Waals surface area contributed by atoms with Gasteiger partial charge >= 0.3 is 0 Å². The molecule has 0 spiro atoms. The van der Waals surface area contributed by atoms with Crippen molar-refractivity contribution in [2.45, 2.75) is 44.4 Å². The Labute approximate surface area is 108 Å². The monoisotopic (exact) mass is 251 g/mol. The van der Waals surface area contributed by atoms with E-state index in [4.69, 9.17) is 15.2 Å². The lowest BCUT2D eigenvalue weighted by Crippen LogP contribution is -2.26. The van der Waals surface area contributed by atoms with Crippen molar-refractivity contribution in [3.63, 3.8) is 0 Å². The van der Waals surface area contributed by atoms with Crippen molar-refractivity contribution in [2.75, 3.05) is 7.11 Å². The summed E-state index contributed by atoms with van der Waals surface area (Å²) in [5.41, 5.74) is 6.87. The lowest BCUT2D eigenvalue weighted by molar-refractivity contribution is 0.0594. The van der Waals surface area contributed by atoms with Crippen LogP contribution in [0, 0.1) is 0 Å². The van der Waals surface area contributed by atoms with Crippen LogP contribution in [0.1, 0.15) is 37.8 Å². The molecule has 0 saturated heterocycles. The van der Waals surface area contributed by atoms with Gasteiger partial charge in [-0.05, 0) is 32.3 Å². The Morgan fingerprint density at radius 3 is 2.72 bits per heavy atom. The average Bonchev–Trinajstić information content (AvgIpc) is 2.74. The highest BCUT2D eigenvalue weighted by molar-refractivity contribution is 5.42. The second-order valence-electron chi connectivity index (χ2n) is 4.85. The molecule has 0 heterocycles. The summed E-state index contributed by atoms with van der Waals surface area (Å²) in [5.74, 6) is 1.46. The summed E-state index contributed by atoms with van der Waals surface area (Å²) < 4.78 is 11.1. The summed E-state index contributed by atoms with van der Waals surface area (Å²) in [6.45, 7) is 1.92. The molecule has 0 bridgehead atoms. The van der Waals surface area contributed by atoms with Gasteiger partial charge in [-0.1, -0.05) is 6.07 Å². The zero-order chi connectivity index (χ0) is 13.1. The molecule has 0 aliphatic heterocycles. The van der Waals surface area contributed by atoms with E-state index >= 15 is 0 Å². The summed E-state index contributed by atoms with van der Waals surface area (Å²) in [5, 5.41) is 9.82. The van der Waals surface area contributed by atoms with Crippen molar-refractivity contribution < 1.29 is 14.6 Å². The SMILES string of the molecule is COc1ccc([C@H](C)N)c(OC2CCCC2O)c1. The van der Waals surface area contributed by atoms with Gasteiger partial charge in [-0.15, -0.1) is 0 Å². The molecule has 1 aromatic carbocycles. The number of hydrogen-bond acceptors (Lipinski definition) is 4. The van der Waals surface area contributed by atoms with E-state index in [2.05, 4.69) is 0 Å². The van der Waals surface area contributed by atoms with Gasteiger partial charge in [0.25, 0.3) is 0 Å². The highest BCUT2D eigenvalue weighted by atomic mass is 16.5. The number of ether oxygens (including phenoxy) is 2. The Hall–Kier alpha value is -1.26. The molecule has 18 heavy (non-hydrogen) atoms. The van der Waals surface area contributed by atoms with Crippen LogP contribution in [-0.2, 0) is 0 Å². The van der Waals surface area contributed by atoms with Crippen LogP contribution in [0.3, 0.4) is 0 Å². The molecule has 4 heteroatoms. The lowest BCUT2D eigenvalue weighted by atomic mass is 10.1. The van der Waals surface area contributed by atoms with Crippen LogP contribution >= 0.6 is 0 Å². The highest BCUT2D eigenvalue weighted by Crippen LogP contribution is 2.32. The Bertz CT molecular complexity index is 406. The molecule has 1 saturated carbocycles. The largest absolute Gasteiger partial charge is 0.497 e. The summed E-state index contributed by atoms with van der Waals surface area (Å²) >= 11 is 0. The van der Waals surface area contributed by atoms with E-state index in [0.717, 1.165) is 36.3 Å². The Morgan fingerprint density at radius 1 is 1.39 bits per heavy atom. The Balaban J connectivity index is 2.23. The van der Waals surface area contributed by atoms with Gasteiger partial charge in [0.1, 0.15) is 17.6 Å². The molecule has 0 amide bonds. The maximum atomic E-state index is 9.82. The molecule has 100 valence electrons. The first-order chi connectivity index (χ1) is 8.61. The fourth-order valence-corrected chi connectivity index (χ4v) is 2.33. The van der Waals surface area contributed by atoms with Gasteiger partial charge in [0.05, 0.1) is 13.2 Å². The summed E-state index contributed by atoms with van der Waals surface area (Å²) in [6, 6.07) is 5.52. The number of nitrogens with two attached hydrogens (primary N) is 1. The normalized spacial score (nSPS) is 24.9. The predicted octanol–water partition coefficient (Wildman–Crippen LogP) is 2.01. The van der Waals surface area contributed by atoms with Crippen molar-refractivity contribution in [1.29, 1.82) is 0 Å². The Morgan fingerprint density at radius 2 is 2.17 bits per heavy atom. The third kappa shape index (κ3) is 2.76. The minimum absolute atomic E-state index is 0.107. The number of benzene rings is 1. The molecule has 2 rings (SSSR count). The van der Waals surface area contributed by atoms with Crippen LogP contribution in [0.25, 0.3) is 0 Å². The van der Waals surface area contributed by atoms with Crippen molar-refractivity contribution in [2.24, 2.45) is 5.73 Å². The molecule has 1 fully saturated rings. The molecule has 1 aliphatic rings. The van der Waals surface area contributed by atoms with E-state index in [1.165, 1.54) is 0 Å². The maximum Gasteiger partial charge on any atom is 0.128 e. The number of aliphatic hydroxyl groups excluding tert-OH is 1. The van der Waals surface area contributed by atoms with Crippen molar-refractivity contribution in [3.05, 3.63) is 23.8 Å². The van der Waals surface area contributed by atoms with Crippen molar-refractivity contribution in [1.82, 2.24) is 0 Å². The Kier molecular flexibility index (Phi) is 4.09. The quantitative estimate of drug-likeness (QED) is 0.859. The van der Waals surface area contributed by atoms with Gasteiger partial charge < -0.3 is 20.3 Å². The number of aliphatic hydroxyl groups is 1. The molecule has 3 N–H and O–H groups in total. The van der Waals surface area contributed by atoms with E-state index < -0.39 is 0 Å². The third-order valence-electron chi connectivity index (χ3n) is 3.41. The summed E-state index contributed by atoms with van der Waals surface area (Å²) in [7, 11) is 1.62. The van der Waals surface area contributed by atoms with Crippen molar-refractivity contribution in [3.8, 4) is 11.5 Å². The average molecular weight is 251 g/mol. The van der Waals surface area contributed by atoms with Crippen LogP contribution in [0.15, 0.2) is 18.2 Å². The van der Waals surface area contributed by atoms with Gasteiger partial charge in [0.2, 0.25) is 0 Å². The van der Waals surface area contributed by atoms with E-state index in [1.807, 2.05) is 25.1 Å². The number of rotatable bonds is 4. The molecule has 0 aromatic heterocycles. The molecule has 4 nitrogen and oxygen atoms in total. The van der Waals surface area contributed by atoms with Crippen LogP contribution in [-0.4, -0.2) is 24.4 Å². The molecule has 3 atom stereocenters. The minimum atomic E-state index is -0.378. The lowest BCUT2D eigenvalue weighted by Gasteiger charge is -2.21. The van der Waals surface area contributed by atoms with Gasteiger partial charge in [-0.2, -0.15) is 0 Å². The zero-order valence-electron chi connectivity index (χ0n) is 10.9. The van der Waals surface area contributed by atoms with Crippen LogP contribution in [0.2, 0.25) is 0 Å². The second-order valence-corrected chi connectivity index (χ2v) is 4.85. The molecular weight excluding hydrogens is 230 g/mol. The van der Waals surface area contributed by atoms with Crippen LogP contribution in [0.4, 0.5) is 0 Å². The molecule has 1 aliphatic carbocycles. The van der Waals surface area contributed by atoms with E-state index in [1.54, 1.807) is 7.11 Å². The van der Waals surface area contributed by atoms with Crippen LogP contribution in [0.5, 0.6) is 11.5 Å². The molecule has 2 unspecified atom stereocenters. The number of methoxy groups -OCH3 is 1. The standard InChI is InChI=1S/C14H21NO3/c1-9(15)11-7-6-10(17-2)8-14(11)18-13-5-3-4-12(13)16/h6-9,12-13,16H,3-5,15H2,1-2H3/t9-,12?,13?/m0/s1. The van der Waals surface area contributed by atoms with Gasteiger partial charge in [0, 0.05) is 17.7 Å². The minimum Gasteiger partial charge on any atom is -0.497 e. The van der Waals surface area contributed by atoms with E-state index in [-0.39, 0.29) is 18.2 Å². The molecule has 1 aromatic rings. The summed E-state index contributed by atoms with van der Waals surface area (Å²) in [6.07, 6.45) is 2.19. The maximum absolute atomic E-state index is 9.82. The van der Waals surface area contributed by atoms with Crippen molar-refractivity contribution >= 4 is 0 Å². The smallest absolute Gasteiger partial charge is 0.128 e. The molecular formula is C14H21NO3. The van der Waals surface area contributed by atoms with E-state index in [9.17, 15) is 5.11 Å². The van der Waals surface area contributed by atoms with Gasteiger partial charge in [-0.25, -0.2) is 0 Å². The first-order valence-corrected chi connectivity index (χ1v) is 6.40. The topological polar surface area (TPSA) is 64.7 Å². The first-order valence-electron chi connectivity index (χ1n) is 6.40. The van der Waals surface area contributed by atoms with Crippen LogP contribution < -0.4 is 15.2 Å². The predicted molar refractivity (Wildman–Crippen MR) is 69.9 cm³/mol. The third-order valence-corrected chi connectivity index (χ3v) is 3.41. The van der Waals surface area contributed by atoms with Gasteiger partial charge in [-0.3, -0.25) is 0 Å². The van der Waals surface area contributed by atoms with E-state index in [0.29, 0.717) is 0 Å². The zero-order valence-corrected chi connectivity index (χ0v) is 10.9. The van der Waals surface area contributed by atoms with Gasteiger partial charge in [0.15, 0.2) is 0 Å². The molecule has 0 radical (unpaired) electrons. The summed E-state index contributed by atoms with van der Waals surface area (Å²) in [4.78, 5) is 0. The number of hydrogen-bond donors (Lipinski definition) is 2. The fraction of sp³-hybridized carbons (Fsp3) is 0.571.